The van der Waals surface area contributed by atoms with Crippen LogP contribution in [0.15, 0.2) is 30.3 Å². The molecule has 0 amide bonds. The molecule has 5 heteroatoms. The van der Waals surface area contributed by atoms with Crippen LogP contribution in [-0.2, 0) is 0 Å². The summed E-state index contributed by atoms with van der Waals surface area (Å²) in [5.41, 5.74) is 2.10. The van der Waals surface area contributed by atoms with Crippen molar-refractivity contribution in [1.82, 2.24) is 0 Å². The van der Waals surface area contributed by atoms with Gasteiger partial charge in [0.2, 0.25) is 0 Å². The van der Waals surface area contributed by atoms with Crippen molar-refractivity contribution in [2.24, 2.45) is 0 Å². The number of hydrogen-bond donors (Lipinski definition) is 1. The summed E-state index contributed by atoms with van der Waals surface area (Å²) in [6, 6.07) is 8.67. The van der Waals surface area contributed by atoms with Crippen LogP contribution in [0.4, 0.5) is 0 Å². The van der Waals surface area contributed by atoms with Crippen molar-refractivity contribution in [3.05, 3.63) is 62.1 Å². The third-order valence-corrected chi connectivity index (χ3v) is 4.05. The Morgan fingerprint density at radius 2 is 1.67 bits per heavy atom. The SMILES string of the molecule is CCOc1cc(Cl)c(C(O)c2ccc(C)cc2Cl)cc1Cl. The number of benzene rings is 2. The van der Waals surface area contributed by atoms with Crippen molar-refractivity contribution in [1.29, 1.82) is 0 Å². The molecule has 2 rings (SSSR count). The third-order valence-electron chi connectivity index (χ3n) is 3.10. The van der Waals surface area contributed by atoms with Gasteiger partial charge in [0.25, 0.3) is 0 Å². The second kappa shape index (κ2) is 6.89. The number of rotatable bonds is 4. The molecule has 2 aromatic rings. The fourth-order valence-corrected chi connectivity index (χ4v) is 2.86. The Kier molecular flexibility index (Phi) is 5.39. The summed E-state index contributed by atoms with van der Waals surface area (Å²) in [6.45, 7) is 4.28. The van der Waals surface area contributed by atoms with Crippen molar-refractivity contribution in [3.8, 4) is 5.75 Å². The van der Waals surface area contributed by atoms with E-state index in [-0.39, 0.29) is 0 Å². The van der Waals surface area contributed by atoms with Gasteiger partial charge in [-0.15, -0.1) is 0 Å². The van der Waals surface area contributed by atoms with Crippen LogP contribution in [0.3, 0.4) is 0 Å². The van der Waals surface area contributed by atoms with Crippen molar-refractivity contribution < 1.29 is 9.84 Å². The highest BCUT2D eigenvalue weighted by Crippen LogP contribution is 2.38. The van der Waals surface area contributed by atoms with Crippen LogP contribution in [0.1, 0.15) is 29.7 Å². The van der Waals surface area contributed by atoms with E-state index in [9.17, 15) is 5.11 Å². The molecule has 1 unspecified atom stereocenters. The van der Waals surface area contributed by atoms with Gasteiger partial charge in [-0.3, -0.25) is 0 Å². The quantitative estimate of drug-likeness (QED) is 0.800. The molecule has 1 N–H and O–H groups in total. The molecule has 2 aromatic carbocycles. The minimum atomic E-state index is -0.946. The van der Waals surface area contributed by atoms with Gasteiger partial charge in [0.1, 0.15) is 11.9 Å². The zero-order valence-electron chi connectivity index (χ0n) is 11.7. The number of aliphatic hydroxyl groups is 1. The minimum Gasteiger partial charge on any atom is -0.492 e. The van der Waals surface area contributed by atoms with Gasteiger partial charge in [0, 0.05) is 22.2 Å². The number of halogens is 3. The molecule has 0 fully saturated rings. The monoisotopic (exact) mass is 344 g/mol. The van der Waals surface area contributed by atoms with Crippen molar-refractivity contribution in [3.63, 3.8) is 0 Å². The highest BCUT2D eigenvalue weighted by atomic mass is 35.5. The Hall–Kier alpha value is -0.930. The van der Waals surface area contributed by atoms with Gasteiger partial charge in [-0.2, -0.15) is 0 Å². The smallest absolute Gasteiger partial charge is 0.139 e. The van der Waals surface area contributed by atoms with E-state index in [4.69, 9.17) is 39.5 Å². The van der Waals surface area contributed by atoms with Crippen LogP contribution < -0.4 is 4.74 Å². The van der Waals surface area contributed by atoms with Gasteiger partial charge in [-0.05, 0) is 31.5 Å². The van der Waals surface area contributed by atoms with E-state index in [2.05, 4.69) is 0 Å². The first-order chi connectivity index (χ1) is 9.93. The number of hydrogen-bond acceptors (Lipinski definition) is 2. The predicted molar refractivity (Wildman–Crippen MR) is 87.9 cm³/mol. The van der Waals surface area contributed by atoms with E-state index < -0.39 is 6.10 Å². The molecule has 21 heavy (non-hydrogen) atoms. The van der Waals surface area contributed by atoms with Gasteiger partial charge >= 0.3 is 0 Å². The molecule has 0 spiro atoms. The van der Waals surface area contributed by atoms with Gasteiger partial charge in [-0.25, -0.2) is 0 Å². The first-order valence-corrected chi connectivity index (χ1v) is 7.63. The first-order valence-electron chi connectivity index (χ1n) is 6.50. The lowest BCUT2D eigenvalue weighted by Crippen LogP contribution is -2.03. The second-order valence-corrected chi connectivity index (χ2v) is 5.89. The summed E-state index contributed by atoms with van der Waals surface area (Å²) in [5.74, 6) is 0.495. The third kappa shape index (κ3) is 3.64. The number of aryl methyl sites for hydroxylation is 1. The van der Waals surface area contributed by atoms with E-state index in [1.165, 1.54) is 0 Å². The molecule has 0 aromatic heterocycles. The molecule has 112 valence electrons. The van der Waals surface area contributed by atoms with E-state index in [1.54, 1.807) is 24.3 Å². The average Bonchev–Trinajstić information content (AvgIpc) is 2.42. The van der Waals surface area contributed by atoms with Crippen LogP contribution in [0.5, 0.6) is 5.75 Å². The molecule has 0 heterocycles. The minimum absolute atomic E-state index is 0.381. The Morgan fingerprint density at radius 1 is 1.00 bits per heavy atom. The summed E-state index contributed by atoms with van der Waals surface area (Å²) >= 11 is 18.6. The van der Waals surface area contributed by atoms with Crippen molar-refractivity contribution in [2.75, 3.05) is 6.61 Å². The Morgan fingerprint density at radius 3 is 2.29 bits per heavy atom. The largest absolute Gasteiger partial charge is 0.492 e. The van der Waals surface area contributed by atoms with Crippen LogP contribution in [0.2, 0.25) is 15.1 Å². The summed E-state index contributed by atoms with van der Waals surface area (Å²) < 4.78 is 5.37. The fourth-order valence-electron chi connectivity index (χ4n) is 2.04. The second-order valence-electron chi connectivity index (χ2n) is 4.66. The standard InChI is InChI=1S/C16H15Cl3O2/c1-3-21-15-8-13(18)11(7-14(15)19)16(20)10-5-4-9(2)6-12(10)17/h4-8,16,20H,3H2,1-2H3. The molecule has 0 aliphatic rings. The number of ether oxygens (including phenoxy) is 1. The summed E-state index contributed by atoms with van der Waals surface area (Å²) in [7, 11) is 0. The molecule has 0 saturated carbocycles. The average molecular weight is 346 g/mol. The van der Waals surface area contributed by atoms with E-state index in [0.717, 1.165) is 5.56 Å². The van der Waals surface area contributed by atoms with Crippen LogP contribution >= 0.6 is 34.8 Å². The van der Waals surface area contributed by atoms with Gasteiger partial charge in [0.15, 0.2) is 0 Å². The topological polar surface area (TPSA) is 29.5 Å². The normalized spacial score (nSPS) is 12.3. The van der Waals surface area contributed by atoms with Gasteiger partial charge < -0.3 is 9.84 Å². The van der Waals surface area contributed by atoms with Crippen molar-refractivity contribution >= 4 is 34.8 Å². The summed E-state index contributed by atoms with van der Waals surface area (Å²) in [4.78, 5) is 0. The Labute approximate surface area is 139 Å². The molecule has 0 aliphatic heterocycles. The zero-order valence-corrected chi connectivity index (χ0v) is 13.9. The zero-order chi connectivity index (χ0) is 15.6. The van der Waals surface area contributed by atoms with Crippen LogP contribution in [-0.4, -0.2) is 11.7 Å². The molecule has 1 atom stereocenters. The maximum absolute atomic E-state index is 10.5. The Bertz CT molecular complexity index is 656. The molecule has 2 nitrogen and oxygen atoms in total. The summed E-state index contributed by atoms with van der Waals surface area (Å²) in [5, 5.41) is 11.8. The first kappa shape index (κ1) is 16.4. The highest BCUT2D eigenvalue weighted by molar-refractivity contribution is 6.35. The fraction of sp³-hybridized carbons (Fsp3) is 0.250. The molecular weight excluding hydrogens is 331 g/mol. The lowest BCUT2D eigenvalue weighted by Gasteiger charge is -2.17. The molecular formula is C16H15Cl3O2. The molecule has 0 bridgehead atoms. The molecule has 0 radical (unpaired) electrons. The molecule has 0 aliphatic carbocycles. The van der Waals surface area contributed by atoms with Crippen LogP contribution in [0, 0.1) is 6.92 Å². The van der Waals surface area contributed by atoms with Gasteiger partial charge in [-0.1, -0.05) is 46.9 Å². The lowest BCUT2D eigenvalue weighted by molar-refractivity contribution is 0.220. The predicted octanol–water partition coefficient (Wildman–Crippen LogP) is 5.44. The maximum Gasteiger partial charge on any atom is 0.139 e. The molecule has 0 saturated heterocycles. The van der Waals surface area contributed by atoms with Gasteiger partial charge in [0.05, 0.1) is 16.7 Å². The lowest BCUT2D eigenvalue weighted by atomic mass is 10.00. The maximum atomic E-state index is 10.5. The number of aliphatic hydroxyl groups excluding tert-OH is 1. The van der Waals surface area contributed by atoms with Crippen molar-refractivity contribution in [2.45, 2.75) is 20.0 Å². The summed E-state index contributed by atoms with van der Waals surface area (Å²) in [6.07, 6.45) is -0.946. The van der Waals surface area contributed by atoms with E-state index >= 15 is 0 Å². The van der Waals surface area contributed by atoms with Crippen LogP contribution in [0.25, 0.3) is 0 Å². The highest BCUT2D eigenvalue weighted by Gasteiger charge is 2.19. The van der Waals surface area contributed by atoms with E-state index in [0.29, 0.717) is 38.6 Å². The Balaban J connectivity index is 2.43. The van der Waals surface area contributed by atoms with E-state index in [1.807, 2.05) is 19.9 Å².